The predicted molar refractivity (Wildman–Crippen MR) is 114 cm³/mol. The Morgan fingerprint density at radius 1 is 1.00 bits per heavy atom. The number of aryl methyl sites for hydroxylation is 1. The van der Waals surface area contributed by atoms with Crippen molar-refractivity contribution < 1.29 is 4.79 Å². The molecule has 1 aliphatic rings. The van der Waals surface area contributed by atoms with Crippen LogP contribution < -0.4 is 9.80 Å². The maximum atomic E-state index is 12.8. The van der Waals surface area contributed by atoms with Crippen LogP contribution in [0.1, 0.15) is 42.7 Å². The van der Waals surface area contributed by atoms with E-state index in [1.807, 2.05) is 17.0 Å². The van der Waals surface area contributed by atoms with Crippen molar-refractivity contribution >= 4 is 17.4 Å². The summed E-state index contributed by atoms with van der Waals surface area (Å²) in [4.78, 5) is 19.3. The van der Waals surface area contributed by atoms with Gasteiger partial charge in [-0.2, -0.15) is 0 Å². The lowest BCUT2D eigenvalue weighted by Crippen LogP contribution is -2.49. The number of hydrogen-bond donors (Lipinski definition) is 0. The van der Waals surface area contributed by atoms with E-state index in [9.17, 15) is 4.79 Å². The molecule has 1 amide bonds. The Bertz CT molecular complexity index is 763. The number of hydrogen-bond acceptors (Lipinski definition) is 5. The summed E-state index contributed by atoms with van der Waals surface area (Å²) in [6, 6.07) is 12.3. The SMILES string of the molecule is CCCN(CCC)c1ccc(C(=O)N2CCN(c3cccc(C)c3)CC2)nn1. The van der Waals surface area contributed by atoms with E-state index >= 15 is 0 Å². The summed E-state index contributed by atoms with van der Waals surface area (Å²) in [5.41, 5.74) is 2.91. The molecule has 1 aromatic carbocycles. The number of carbonyl (C=O) groups excluding carboxylic acids is 1. The highest BCUT2D eigenvalue weighted by Gasteiger charge is 2.23. The molecule has 0 N–H and O–H groups in total. The van der Waals surface area contributed by atoms with Crippen LogP contribution >= 0.6 is 0 Å². The molecule has 2 aromatic rings. The fourth-order valence-electron chi connectivity index (χ4n) is 3.64. The molecule has 28 heavy (non-hydrogen) atoms. The van der Waals surface area contributed by atoms with Crippen molar-refractivity contribution in [3.05, 3.63) is 47.7 Å². The monoisotopic (exact) mass is 381 g/mol. The number of nitrogens with zero attached hydrogens (tertiary/aromatic N) is 5. The summed E-state index contributed by atoms with van der Waals surface area (Å²) in [6.07, 6.45) is 2.13. The second-order valence-corrected chi connectivity index (χ2v) is 7.38. The molecule has 1 fully saturated rings. The zero-order chi connectivity index (χ0) is 19.9. The highest BCUT2D eigenvalue weighted by Crippen LogP contribution is 2.19. The molecular formula is C22H31N5O. The molecular weight excluding hydrogens is 350 g/mol. The second-order valence-electron chi connectivity index (χ2n) is 7.38. The normalized spacial score (nSPS) is 14.2. The smallest absolute Gasteiger partial charge is 0.274 e. The van der Waals surface area contributed by atoms with Gasteiger partial charge in [-0.3, -0.25) is 4.79 Å². The van der Waals surface area contributed by atoms with Gasteiger partial charge in [0, 0.05) is 45.0 Å². The molecule has 3 rings (SSSR count). The number of piperazine rings is 1. The first-order valence-corrected chi connectivity index (χ1v) is 10.3. The zero-order valence-electron chi connectivity index (χ0n) is 17.3. The molecule has 0 unspecified atom stereocenters. The van der Waals surface area contributed by atoms with Crippen LogP contribution in [0.2, 0.25) is 0 Å². The lowest BCUT2D eigenvalue weighted by atomic mass is 10.2. The van der Waals surface area contributed by atoms with Gasteiger partial charge in [-0.1, -0.05) is 26.0 Å². The van der Waals surface area contributed by atoms with Crippen LogP contribution in [0.3, 0.4) is 0 Å². The van der Waals surface area contributed by atoms with Gasteiger partial charge in [-0.15, -0.1) is 10.2 Å². The molecule has 6 heteroatoms. The first-order chi connectivity index (χ1) is 13.6. The van der Waals surface area contributed by atoms with Crippen molar-refractivity contribution in [1.29, 1.82) is 0 Å². The van der Waals surface area contributed by atoms with Gasteiger partial charge in [0.15, 0.2) is 11.5 Å². The molecule has 1 aromatic heterocycles. The zero-order valence-corrected chi connectivity index (χ0v) is 17.3. The fraction of sp³-hybridized carbons (Fsp3) is 0.500. The Morgan fingerprint density at radius 3 is 2.29 bits per heavy atom. The number of aromatic nitrogens is 2. The van der Waals surface area contributed by atoms with Crippen LogP contribution in [0.25, 0.3) is 0 Å². The number of carbonyl (C=O) groups is 1. The molecule has 0 atom stereocenters. The van der Waals surface area contributed by atoms with E-state index in [0.717, 1.165) is 44.8 Å². The van der Waals surface area contributed by atoms with Crippen molar-refractivity contribution in [3.8, 4) is 0 Å². The maximum Gasteiger partial charge on any atom is 0.274 e. The van der Waals surface area contributed by atoms with Crippen LogP contribution in [0, 0.1) is 6.92 Å². The summed E-state index contributed by atoms with van der Waals surface area (Å²) < 4.78 is 0. The summed E-state index contributed by atoms with van der Waals surface area (Å²) >= 11 is 0. The highest BCUT2D eigenvalue weighted by atomic mass is 16.2. The molecule has 0 saturated carbocycles. The predicted octanol–water partition coefficient (Wildman–Crippen LogP) is 3.37. The number of anilines is 2. The molecule has 0 aliphatic carbocycles. The van der Waals surface area contributed by atoms with E-state index in [1.165, 1.54) is 11.3 Å². The summed E-state index contributed by atoms with van der Waals surface area (Å²) in [5.74, 6) is 0.824. The number of benzene rings is 1. The van der Waals surface area contributed by atoms with Crippen molar-refractivity contribution in [3.63, 3.8) is 0 Å². The van der Waals surface area contributed by atoms with E-state index in [1.54, 1.807) is 0 Å². The Morgan fingerprint density at radius 2 is 1.71 bits per heavy atom. The van der Waals surface area contributed by atoms with Crippen molar-refractivity contribution in [2.75, 3.05) is 49.1 Å². The van der Waals surface area contributed by atoms with Gasteiger partial charge in [-0.25, -0.2) is 0 Å². The molecule has 0 bridgehead atoms. The molecule has 1 saturated heterocycles. The van der Waals surface area contributed by atoms with Crippen molar-refractivity contribution in [2.24, 2.45) is 0 Å². The average molecular weight is 382 g/mol. The quantitative estimate of drug-likeness (QED) is 0.736. The number of rotatable bonds is 7. The Kier molecular flexibility index (Phi) is 6.85. The van der Waals surface area contributed by atoms with E-state index in [4.69, 9.17) is 0 Å². The Labute approximate surface area is 168 Å². The standard InChI is InChI=1S/C22H31N5O/c1-4-11-26(12-5-2)21-10-9-20(23-24-21)22(28)27-15-13-25(14-16-27)19-8-6-7-18(3)17-19/h6-10,17H,4-5,11-16H2,1-3H3. The van der Waals surface area contributed by atoms with Gasteiger partial charge in [0.2, 0.25) is 0 Å². The van der Waals surface area contributed by atoms with Crippen LogP contribution in [0.5, 0.6) is 0 Å². The van der Waals surface area contributed by atoms with Gasteiger partial charge in [-0.05, 0) is 49.6 Å². The third kappa shape index (κ3) is 4.80. The van der Waals surface area contributed by atoms with Gasteiger partial charge in [0.05, 0.1) is 0 Å². The van der Waals surface area contributed by atoms with Gasteiger partial charge < -0.3 is 14.7 Å². The fourth-order valence-corrected chi connectivity index (χ4v) is 3.64. The van der Waals surface area contributed by atoms with E-state index in [2.05, 4.69) is 65.0 Å². The molecule has 6 nitrogen and oxygen atoms in total. The van der Waals surface area contributed by atoms with Gasteiger partial charge >= 0.3 is 0 Å². The largest absolute Gasteiger partial charge is 0.368 e. The molecule has 1 aliphatic heterocycles. The van der Waals surface area contributed by atoms with E-state index in [-0.39, 0.29) is 5.91 Å². The third-order valence-electron chi connectivity index (χ3n) is 5.11. The molecule has 0 spiro atoms. The van der Waals surface area contributed by atoms with Crippen LogP contribution in [-0.2, 0) is 0 Å². The number of amides is 1. The molecule has 0 radical (unpaired) electrons. The van der Waals surface area contributed by atoms with Crippen LogP contribution in [0.15, 0.2) is 36.4 Å². The summed E-state index contributed by atoms with van der Waals surface area (Å²) in [5, 5.41) is 8.55. The lowest BCUT2D eigenvalue weighted by molar-refractivity contribution is 0.0739. The van der Waals surface area contributed by atoms with Gasteiger partial charge in [0.25, 0.3) is 5.91 Å². The third-order valence-corrected chi connectivity index (χ3v) is 5.11. The van der Waals surface area contributed by atoms with Gasteiger partial charge in [0.1, 0.15) is 0 Å². The van der Waals surface area contributed by atoms with Crippen LogP contribution in [-0.4, -0.2) is 60.3 Å². The topological polar surface area (TPSA) is 52.6 Å². The van der Waals surface area contributed by atoms with Crippen molar-refractivity contribution in [1.82, 2.24) is 15.1 Å². The Balaban J connectivity index is 1.60. The van der Waals surface area contributed by atoms with E-state index < -0.39 is 0 Å². The molecule has 150 valence electrons. The average Bonchev–Trinajstić information content (AvgIpc) is 2.73. The molecule has 2 heterocycles. The second kappa shape index (κ2) is 9.53. The minimum Gasteiger partial charge on any atom is -0.368 e. The highest BCUT2D eigenvalue weighted by molar-refractivity contribution is 5.92. The van der Waals surface area contributed by atoms with Crippen LogP contribution in [0.4, 0.5) is 11.5 Å². The maximum absolute atomic E-state index is 12.8. The van der Waals surface area contributed by atoms with Crippen molar-refractivity contribution in [2.45, 2.75) is 33.6 Å². The Hall–Kier alpha value is -2.63. The lowest BCUT2D eigenvalue weighted by Gasteiger charge is -2.36. The van der Waals surface area contributed by atoms with E-state index in [0.29, 0.717) is 18.8 Å². The summed E-state index contributed by atoms with van der Waals surface area (Å²) in [7, 11) is 0. The first kappa shape index (κ1) is 20.1. The minimum atomic E-state index is -0.0273. The first-order valence-electron chi connectivity index (χ1n) is 10.3. The summed E-state index contributed by atoms with van der Waals surface area (Å²) in [6.45, 7) is 11.4. The minimum absolute atomic E-state index is 0.0273.